The standard InChI is InChI=1S/C10H15NO2/c1-10(2,13-11)7-8-5-3-4-6-9(8)12/h3-6,12H,7,11H2,1-2H3. The first-order valence-corrected chi connectivity index (χ1v) is 4.20. The first-order valence-electron chi connectivity index (χ1n) is 4.20. The number of hydrogen-bond donors (Lipinski definition) is 2. The van der Waals surface area contributed by atoms with E-state index in [4.69, 9.17) is 10.7 Å². The summed E-state index contributed by atoms with van der Waals surface area (Å²) in [6, 6.07) is 7.18. The van der Waals surface area contributed by atoms with Gasteiger partial charge in [0.15, 0.2) is 0 Å². The third-order valence-corrected chi connectivity index (χ3v) is 1.93. The third-order valence-electron chi connectivity index (χ3n) is 1.93. The number of aromatic hydroxyl groups is 1. The molecule has 0 radical (unpaired) electrons. The molecule has 3 heteroatoms. The fourth-order valence-electron chi connectivity index (χ4n) is 1.16. The Morgan fingerprint density at radius 3 is 2.54 bits per heavy atom. The van der Waals surface area contributed by atoms with Crippen molar-refractivity contribution in [3.8, 4) is 5.75 Å². The SMILES string of the molecule is CC(C)(Cc1ccccc1O)ON. The van der Waals surface area contributed by atoms with Crippen LogP contribution in [0.5, 0.6) is 5.75 Å². The van der Waals surface area contributed by atoms with Crippen molar-refractivity contribution in [2.24, 2.45) is 5.90 Å². The lowest BCUT2D eigenvalue weighted by Crippen LogP contribution is -2.30. The van der Waals surface area contributed by atoms with Crippen LogP contribution in [0, 0.1) is 0 Å². The summed E-state index contributed by atoms with van der Waals surface area (Å²) in [5.74, 6) is 5.41. The fourth-order valence-corrected chi connectivity index (χ4v) is 1.16. The Kier molecular flexibility index (Phi) is 2.90. The number of rotatable bonds is 3. The lowest BCUT2D eigenvalue weighted by molar-refractivity contribution is -0.0190. The average Bonchev–Trinajstić information content (AvgIpc) is 2.09. The van der Waals surface area contributed by atoms with Gasteiger partial charge in [-0.1, -0.05) is 18.2 Å². The Bertz CT molecular complexity index is 284. The van der Waals surface area contributed by atoms with Crippen LogP contribution in [0.25, 0.3) is 0 Å². The molecule has 0 aliphatic carbocycles. The summed E-state index contributed by atoms with van der Waals surface area (Å²) in [7, 11) is 0. The maximum Gasteiger partial charge on any atom is 0.118 e. The van der Waals surface area contributed by atoms with Crippen molar-refractivity contribution in [3.05, 3.63) is 29.8 Å². The molecule has 0 heterocycles. The highest BCUT2D eigenvalue weighted by Crippen LogP contribution is 2.22. The molecule has 0 aliphatic heterocycles. The minimum absolute atomic E-state index is 0.285. The van der Waals surface area contributed by atoms with E-state index in [-0.39, 0.29) is 5.75 Å². The summed E-state index contributed by atoms with van der Waals surface area (Å²) in [5.41, 5.74) is 0.400. The average molecular weight is 181 g/mol. The highest BCUT2D eigenvalue weighted by molar-refractivity contribution is 5.32. The van der Waals surface area contributed by atoms with Gasteiger partial charge in [-0.05, 0) is 25.5 Å². The highest BCUT2D eigenvalue weighted by atomic mass is 16.6. The van der Waals surface area contributed by atoms with Crippen molar-refractivity contribution < 1.29 is 9.94 Å². The predicted molar refractivity (Wildman–Crippen MR) is 51.2 cm³/mol. The van der Waals surface area contributed by atoms with Crippen LogP contribution < -0.4 is 5.90 Å². The van der Waals surface area contributed by atoms with E-state index in [1.165, 1.54) is 0 Å². The molecule has 1 aromatic carbocycles. The van der Waals surface area contributed by atoms with E-state index < -0.39 is 5.60 Å². The molecule has 0 saturated carbocycles. The largest absolute Gasteiger partial charge is 0.508 e. The van der Waals surface area contributed by atoms with Crippen LogP contribution in [0.2, 0.25) is 0 Å². The Morgan fingerprint density at radius 2 is 2.00 bits per heavy atom. The van der Waals surface area contributed by atoms with Gasteiger partial charge >= 0.3 is 0 Å². The molecule has 0 unspecified atom stereocenters. The molecule has 0 spiro atoms. The van der Waals surface area contributed by atoms with E-state index in [9.17, 15) is 5.11 Å². The van der Waals surface area contributed by atoms with Crippen LogP contribution in [-0.2, 0) is 11.3 Å². The molecule has 0 atom stereocenters. The summed E-state index contributed by atoms with van der Waals surface area (Å²) >= 11 is 0. The lowest BCUT2D eigenvalue weighted by Gasteiger charge is -2.21. The van der Waals surface area contributed by atoms with Gasteiger partial charge in [0.25, 0.3) is 0 Å². The zero-order valence-electron chi connectivity index (χ0n) is 7.95. The van der Waals surface area contributed by atoms with Crippen molar-refractivity contribution in [2.75, 3.05) is 0 Å². The van der Waals surface area contributed by atoms with Gasteiger partial charge < -0.3 is 5.11 Å². The molecule has 0 fully saturated rings. The number of nitrogens with two attached hydrogens (primary N) is 1. The molecule has 0 aliphatic rings. The van der Waals surface area contributed by atoms with Crippen molar-refractivity contribution in [1.82, 2.24) is 0 Å². The van der Waals surface area contributed by atoms with E-state index >= 15 is 0 Å². The van der Waals surface area contributed by atoms with Crippen molar-refractivity contribution in [3.63, 3.8) is 0 Å². The minimum atomic E-state index is -0.446. The number of hydrogen-bond acceptors (Lipinski definition) is 3. The molecule has 13 heavy (non-hydrogen) atoms. The molecular weight excluding hydrogens is 166 g/mol. The first kappa shape index (κ1) is 10.0. The van der Waals surface area contributed by atoms with E-state index in [0.717, 1.165) is 5.56 Å². The fraction of sp³-hybridized carbons (Fsp3) is 0.400. The summed E-state index contributed by atoms with van der Waals surface area (Å²) in [6.07, 6.45) is 0.593. The van der Waals surface area contributed by atoms with Gasteiger partial charge in [0.2, 0.25) is 0 Å². The normalized spacial score (nSPS) is 11.6. The molecule has 1 aromatic rings. The van der Waals surface area contributed by atoms with Crippen LogP contribution in [0.1, 0.15) is 19.4 Å². The second-order valence-corrected chi connectivity index (χ2v) is 3.68. The van der Waals surface area contributed by atoms with E-state index in [2.05, 4.69) is 0 Å². The molecular formula is C10H15NO2. The Balaban J connectivity index is 2.80. The minimum Gasteiger partial charge on any atom is -0.508 e. The number of para-hydroxylation sites is 1. The monoisotopic (exact) mass is 181 g/mol. The Hall–Kier alpha value is -1.06. The summed E-state index contributed by atoms with van der Waals surface area (Å²) < 4.78 is 0. The summed E-state index contributed by atoms with van der Waals surface area (Å²) in [4.78, 5) is 4.79. The molecule has 1 rings (SSSR count). The van der Waals surface area contributed by atoms with Crippen molar-refractivity contribution >= 4 is 0 Å². The van der Waals surface area contributed by atoms with Gasteiger partial charge in [-0.15, -0.1) is 0 Å². The molecule has 0 saturated heterocycles. The van der Waals surface area contributed by atoms with E-state index in [1.807, 2.05) is 26.0 Å². The predicted octanol–water partition coefficient (Wildman–Crippen LogP) is 1.60. The van der Waals surface area contributed by atoms with Gasteiger partial charge in [0.1, 0.15) is 5.75 Å². The van der Waals surface area contributed by atoms with Crippen LogP contribution in [-0.4, -0.2) is 10.7 Å². The molecule has 3 nitrogen and oxygen atoms in total. The highest BCUT2D eigenvalue weighted by Gasteiger charge is 2.19. The molecule has 0 aromatic heterocycles. The third kappa shape index (κ3) is 2.72. The first-order chi connectivity index (χ1) is 6.05. The van der Waals surface area contributed by atoms with Crippen molar-refractivity contribution in [2.45, 2.75) is 25.9 Å². The van der Waals surface area contributed by atoms with Gasteiger partial charge in [0.05, 0.1) is 5.60 Å². The maximum atomic E-state index is 9.47. The molecule has 3 N–H and O–H groups in total. The van der Waals surface area contributed by atoms with Crippen LogP contribution in [0.4, 0.5) is 0 Å². The lowest BCUT2D eigenvalue weighted by atomic mass is 9.98. The van der Waals surface area contributed by atoms with E-state index in [0.29, 0.717) is 6.42 Å². The van der Waals surface area contributed by atoms with Crippen LogP contribution >= 0.6 is 0 Å². The zero-order chi connectivity index (χ0) is 9.90. The van der Waals surface area contributed by atoms with E-state index in [1.54, 1.807) is 12.1 Å². The number of benzene rings is 1. The topological polar surface area (TPSA) is 55.5 Å². The quantitative estimate of drug-likeness (QED) is 0.696. The van der Waals surface area contributed by atoms with Crippen LogP contribution in [0.15, 0.2) is 24.3 Å². The maximum absolute atomic E-state index is 9.47. The van der Waals surface area contributed by atoms with Gasteiger partial charge in [0, 0.05) is 6.42 Å². The smallest absolute Gasteiger partial charge is 0.118 e. The van der Waals surface area contributed by atoms with Crippen molar-refractivity contribution in [1.29, 1.82) is 0 Å². The number of phenolic OH excluding ortho intramolecular Hbond substituents is 1. The Labute approximate surface area is 78.1 Å². The zero-order valence-corrected chi connectivity index (χ0v) is 7.95. The van der Waals surface area contributed by atoms with Gasteiger partial charge in [-0.3, -0.25) is 4.84 Å². The van der Waals surface area contributed by atoms with Crippen LogP contribution in [0.3, 0.4) is 0 Å². The second kappa shape index (κ2) is 3.77. The second-order valence-electron chi connectivity index (χ2n) is 3.68. The molecule has 72 valence electrons. The molecule has 0 amide bonds. The summed E-state index contributed by atoms with van der Waals surface area (Å²) in [6.45, 7) is 3.75. The summed E-state index contributed by atoms with van der Waals surface area (Å²) in [5, 5.41) is 9.47. The Morgan fingerprint density at radius 1 is 1.38 bits per heavy atom. The van der Waals surface area contributed by atoms with Gasteiger partial charge in [-0.25, -0.2) is 5.90 Å². The molecule has 0 bridgehead atoms. The van der Waals surface area contributed by atoms with Gasteiger partial charge in [-0.2, -0.15) is 0 Å². The number of phenols is 1.